The number of halogens is 4. The van der Waals surface area contributed by atoms with Gasteiger partial charge in [-0.3, -0.25) is 4.79 Å². The molecule has 0 spiro atoms. The van der Waals surface area contributed by atoms with Crippen molar-refractivity contribution in [2.45, 2.75) is 130 Å². The summed E-state index contributed by atoms with van der Waals surface area (Å²) in [6, 6.07) is 9.18. The van der Waals surface area contributed by atoms with Gasteiger partial charge in [0.2, 0.25) is 16.6 Å². The van der Waals surface area contributed by atoms with Crippen molar-refractivity contribution in [3.05, 3.63) is 67.1 Å². The Kier molecular flexibility index (Phi) is 16.4. The minimum atomic E-state index is -1.92. The average Bonchev–Trinajstić information content (AvgIpc) is 2.83. The summed E-state index contributed by atoms with van der Waals surface area (Å²) in [4.78, 5) is 11.0. The fourth-order valence-corrected chi connectivity index (χ4v) is 19.0. The molecule has 9 heteroatoms. The Labute approximate surface area is 278 Å². The third-order valence-electron chi connectivity index (χ3n) is 8.57. The van der Waals surface area contributed by atoms with E-state index < -0.39 is 16.6 Å². The van der Waals surface area contributed by atoms with E-state index in [1.54, 1.807) is 18.2 Å². The average molecular weight is 695 g/mol. The summed E-state index contributed by atoms with van der Waals surface area (Å²) in [5.74, 6) is 0. The molecule has 0 unspecified atom stereocenters. The van der Waals surface area contributed by atoms with Crippen LogP contribution in [0.4, 0.5) is 0 Å². The van der Waals surface area contributed by atoms with E-state index in [2.05, 4.69) is 83.1 Å². The molecule has 0 heterocycles. The van der Waals surface area contributed by atoms with E-state index in [-0.39, 0.29) is 0 Å². The Balaban J connectivity index is 0.000000422. The first kappa shape index (κ1) is 39.6. The molecule has 2 aromatic carbocycles. The zero-order valence-corrected chi connectivity index (χ0v) is 32.6. The summed E-state index contributed by atoms with van der Waals surface area (Å²) in [6.07, 6.45) is 0.685. The molecule has 42 heavy (non-hydrogen) atoms. The summed E-state index contributed by atoms with van der Waals surface area (Å²) in [6.45, 7) is 28.3. The third-order valence-corrected chi connectivity index (χ3v) is 21.7. The van der Waals surface area contributed by atoms with Crippen molar-refractivity contribution in [2.75, 3.05) is 0 Å². The van der Waals surface area contributed by atoms with Crippen LogP contribution in [0.5, 0.6) is 0 Å². The summed E-state index contributed by atoms with van der Waals surface area (Å²) in [5.41, 5.74) is 5.62. The Morgan fingerprint density at radius 3 is 1.10 bits per heavy atom. The van der Waals surface area contributed by atoms with Crippen molar-refractivity contribution < 1.29 is 13.6 Å². The van der Waals surface area contributed by atoms with Gasteiger partial charge in [-0.2, -0.15) is 0 Å². The molecule has 0 saturated heterocycles. The van der Waals surface area contributed by atoms with Gasteiger partial charge in [0.05, 0.1) is 28.8 Å². The van der Waals surface area contributed by atoms with Crippen LogP contribution in [-0.2, 0) is 22.1 Å². The minimum Gasteiger partial charge on any atom is -0.412 e. The zero-order valence-electron chi connectivity index (χ0n) is 27.6. The molecule has 0 aliphatic carbocycles. The number of hydrogen-bond donors (Lipinski definition) is 0. The molecule has 0 atom stereocenters. The van der Waals surface area contributed by atoms with Gasteiger partial charge in [-0.1, -0.05) is 129 Å². The van der Waals surface area contributed by atoms with E-state index in [4.69, 9.17) is 55.3 Å². The van der Waals surface area contributed by atoms with Gasteiger partial charge in [-0.25, -0.2) is 0 Å². The van der Waals surface area contributed by atoms with E-state index in [1.807, 2.05) is 12.1 Å². The van der Waals surface area contributed by atoms with Gasteiger partial charge in [0.15, 0.2) is 6.29 Å². The Hall–Kier alpha value is -0.376. The van der Waals surface area contributed by atoms with Crippen LogP contribution in [-0.4, -0.2) is 22.9 Å². The number of benzene rings is 2. The molecule has 0 saturated carbocycles. The fraction of sp³-hybridized carbons (Fsp3) is 0.606. The molecule has 0 aromatic heterocycles. The van der Waals surface area contributed by atoms with E-state index in [0.717, 1.165) is 11.1 Å². The molecule has 0 fully saturated rings. The molecule has 2 aromatic rings. The lowest BCUT2D eigenvalue weighted by Gasteiger charge is -2.42. The molecular formula is C33H52Cl4O3Si2. The van der Waals surface area contributed by atoms with Gasteiger partial charge >= 0.3 is 0 Å². The number of carbonyl (C=O) groups is 1. The van der Waals surface area contributed by atoms with Crippen LogP contribution in [0.1, 0.15) is 105 Å². The number of rotatable bonds is 13. The predicted octanol–water partition coefficient (Wildman–Crippen LogP) is 13.2. The highest BCUT2D eigenvalue weighted by Gasteiger charge is 2.46. The first-order valence-corrected chi connectivity index (χ1v) is 20.8. The molecule has 0 amide bonds. The van der Waals surface area contributed by atoms with Gasteiger partial charge in [0, 0.05) is 10.0 Å². The second-order valence-corrected chi connectivity index (χ2v) is 25.7. The smallest absolute Gasteiger partial charge is 0.200 e. The highest BCUT2D eigenvalue weighted by Crippen LogP contribution is 2.44. The first-order valence-electron chi connectivity index (χ1n) is 15.0. The van der Waals surface area contributed by atoms with E-state index >= 15 is 0 Å². The van der Waals surface area contributed by atoms with Crippen molar-refractivity contribution in [1.29, 1.82) is 0 Å². The maximum atomic E-state index is 11.0. The first-order chi connectivity index (χ1) is 19.4. The maximum Gasteiger partial charge on any atom is 0.200 e. The molecule has 0 radical (unpaired) electrons. The van der Waals surface area contributed by atoms with Crippen LogP contribution in [0, 0.1) is 0 Å². The second-order valence-electron chi connectivity index (χ2n) is 13.1. The Morgan fingerprint density at radius 1 is 0.548 bits per heavy atom. The van der Waals surface area contributed by atoms with E-state index in [1.165, 1.54) is 0 Å². The van der Waals surface area contributed by atoms with Crippen LogP contribution < -0.4 is 0 Å². The third kappa shape index (κ3) is 9.81. The van der Waals surface area contributed by atoms with Crippen LogP contribution in [0.15, 0.2) is 30.3 Å². The Bertz CT molecular complexity index is 1060. The van der Waals surface area contributed by atoms with E-state index in [0.29, 0.717) is 78.4 Å². The van der Waals surface area contributed by atoms with Gasteiger partial charge in [-0.15, -0.1) is 0 Å². The monoisotopic (exact) mass is 692 g/mol. The maximum absolute atomic E-state index is 11.0. The fourth-order valence-electron chi connectivity index (χ4n) is 6.94. The number of aldehydes is 1. The summed E-state index contributed by atoms with van der Waals surface area (Å²) < 4.78 is 13.0. The summed E-state index contributed by atoms with van der Waals surface area (Å²) in [5, 5.41) is 2.10. The predicted molar refractivity (Wildman–Crippen MR) is 190 cm³/mol. The van der Waals surface area contributed by atoms with Gasteiger partial charge in [-0.05, 0) is 74.7 Å². The van der Waals surface area contributed by atoms with E-state index in [9.17, 15) is 4.79 Å². The van der Waals surface area contributed by atoms with Crippen LogP contribution in [0.2, 0.25) is 53.3 Å². The van der Waals surface area contributed by atoms with Crippen molar-refractivity contribution in [3.63, 3.8) is 0 Å². The van der Waals surface area contributed by atoms with Gasteiger partial charge in [0.1, 0.15) is 0 Å². The molecule has 2 rings (SSSR count). The zero-order chi connectivity index (χ0) is 32.6. The molecule has 238 valence electrons. The molecule has 0 aliphatic rings. The molecule has 0 bridgehead atoms. The van der Waals surface area contributed by atoms with Crippen LogP contribution >= 0.6 is 46.4 Å². The molecule has 3 nitrogen and oxygen atoms in total. The van der Waals surface area contributed by atoms with Crippen molar-refractivity contribution in [3.8, 4) is 0 Å². The largest absolute Gasteiger partial charge is 0.412 e. The minimum absolute atomic E-state index is 0.340. The molecule has 0 aliphatic heterocycles. The lowest BCUT2D eigenvalue weighted by atomic mass is 10.1. The number of carbonyl (C=O) groups excluding carboxylic acids is 1. The number of hydrogen-bond acceptors (Lipinski definition) is 3. The van der Waals surface area contributed by atoms with Gasteiger partial charge < -0.3 is 8.85 Å². The molecule has 0 N–H and O–H groups in total. The summed E-state index contributed by atoms with van der Waals surface area (Å²) >= 11 is 24.3. The standard InChI is InChI=1S/C17H26Cl2O2Si.C16H26Cl2OSi/c1-11(2)22(12(3)4,13(5)6)21-10-14-7-16(18)15(9-20)17(19)8-14;1-11(2)20(12(3)4,13(5)6)19-10-14-7-15(17)9-16(18)8-14/h7-9,11-13H,10H2,1-6H3;7-9,11-13H,10H2,1-6H3. The summed E-state index contributed by atoms with van der Waals surface area (Å²) in [7, 11) is -3.75. The van der Waals surface area contributed by atoms with Gasteiger partial charge in [0.25, 0.3) is 0 Å². The van der Waals surface area contributed by atoms with Crippen molar-refractivity contribution >= 4 is 69.3 Å². The SMILES string of the molecule is CC(C)[Si](OCc1cc(Cl)c(C=O)c(Cl)c1)(C(C)C)C(C)C.CC(C)[Si](OCc1cc(Cl)cc(Cl)c1)(C(C)C)C(C)C. The highest BCUT2D eigenvalue weighted by molar-refractivity contribution is 6.78. The second kappa shape index (κ2) is 17.4. The van der Waals surface area contributed by atoms with Crippen molar-refractivity contribution in [1.82, 2.24) is 0 Å². The van der Waals surface area contributed by atoms with Crippen LogP contribution in [0.3, 0.4) is 0 Å². The van der Waals surface area contributed by atoms with Crippen LogP contribution in [0.25, 0.3) is 0 Å². The Morgan fingerprint density at radius 2 is 0.833 bits per heavy atom. The molecular weight excluding hydrogens is 642 g/mol. The highest BCUT2D eigenvalue weighted by atomic mass is 35.5. The van der Waals surface area contributed by atoms with Crippen molar-refractivity contribution in [2.24, 2.45) is 0 Å². The quantitative estimate of drug-likeness (QED) is 0.155. The lowest BCUT2D eigenvalue weighted by Crippen LogP contribution is -2.47. The normalized spacial score (nSPS) is 12.6. The lowest BCUT2D eigenvalue weighted by molar-refractivity contribution is 0.112. The topological polar surface area (TPSA) is 35.5 Å².